The van der Waals surface area contributed by atoms with Gasteiger partial charge in [0, 0.05) is 13.6 Å². The van der Waals surface area contributed by atoms with E-state index in [9.17, 15) is 0 Å². The van der Waals surface area contributed by atoms with Crippen molar-refractivity contribution in [3.63, 3.8) is 0 Å². The molecule has 0 spiro atoms. The molecule has 0 bridgehead atoms. The van der Waals surface area contributed by atoms with E-state index in [1.54, 1.807) is 7.11 Å². The number of ether oxygens (including phenoxy) is 1. The van der Waals surface area contributed by atoms with Crippen molar-refractivity contribution in [3.05, 3.63) is 35.7 Å². The fraction of sp³-hybridized carbons (Fsp3) is 0.467. The number of nitrogens with zero attached hydrogens (tertiary/aromatic N) is 4. The first-order valence-electron chi connectivity index (χ1n) is 6.97. The lowest BCUT2D eigenvalue weighted by atomic mass is 10.0. The maximum atomic E-state index is 5.23. The number of rotatable bonds is 3. The predicted molar refractivity (Wildman–Crippen MR) is 78.1 cm³/mol. The highest BCUT2D eigenvalue weighted by Gasteiger charge is 2.29. The molecule has 0 amide bonds. The van der Waals surface area contributed by atoms with Crippen molar-refractivity contribution in [1.82, 2.24) is 14.8 Å². The maximum Gasteiger partial charge on any atom is 0.227 e. The zero-order valence-electron chi connectivity index (χ0n) is 12.2. The first kappa shape index (κ1) is 13.0. The second kappa shape index (κ2) is 5.15. The lowest BCUT2D eigenvalue weighted by Crippen LogP contribution is -2.25. The summed E-state index contributed by atoms with van der Waals surface area (Å²) in [5.74, 6) is 2.80. The van der Waals surface area contributed by atoms with E-state index in [0.29, 0.717) is 6.04 Å². The fourth-order valence-corrected chi connectivity index (χ4v) is 2.82. The molecule has 1 fully saturated rings. The highest BCUT2D eigenvalue weighted by Crippen LogP contribution is 2.35. The van der Waals surface area contributed by atoms with Gasteiger partial charge in [0.2, 0.25) is 5.95 Å². The molecule has 1 unspecified atom stereocenters. The standard InChI is InChI=1S/C15H20N4O/c1-11-16-17-15(18(11)2)19-10-4-5-14(19)12-6-8-13(20-3)9-7-12/h6-9,14H,4-5,10H2,1-3H3. The van der Waals surface area contributed by atoms with Crippen LogP contribution in [-0.4, -0.2) is 28.4 Å². The van der Waals surface area contributed by atoms with Crippen molar-refractivity contribution >= 4 is 5.95 Å². The minimum Gasteiger partial charge on any atom is -0.497 e. The van der Waals surface area contributed by atoms with Gasteiger partial charge in [-0.2, -0.15) is 0 Å². The third-order valence-corrected chi connectivity index (χ3v) is 4.08. The Bertz CT molecular complexity index is 590. The number of hydrogen-bond acceptors (Lipinski definition) is 4. The molecule has 1 aliphatic heterocycles. The molecule has 20 heavy (non-hydrogen) atoms. The Hall–Kier alpha value is -2.04. The highest BCUT2D eigenvalue weighted by molar-refractivity contribution is 5.40. The Labute approximate surface area is 119 Å². The van der Waals surface area contributed by atoms with E-state index in [4.69, 9.17) is 4.74 Å². The van der Waals surface area contributed by atoms with Gasteiger partial charge >= 0.3 is 0 Å². The van der Waals surface area contributed by atoms with E-state index in [2.05, 4.69) is 31.8 Å². The van der Waals surface area contributed by atoms with Crippen molar-refractivity contribution in [1.29, 1.82) is 0 Å². The summed E-state index contributed by atoms with van der Waals surface area (Å²) >= 11 is 0. The van der Waals surface area contributed by atoms with Gasteiger partial charge < -0.3 is 14.2 Å². The molecular formula is C15H20N4O. The zero-order chi connectivity index (χ0) is 14.1. The van der Waals surface area contributed by atoms with Crippen molar-refractivity contribution in [2.45, 2.75) is 25.8 Å². The summed E-state index contributed by atoms with van der Waals surface area (Å²) in [6, 6.07) is 8.71. The molecule has 0 saturated carbocycles. The monoisotopic (exact) mass is 272 g/mol. The van der Waals surface area contributed by atoms with Gasteiger partial charge in [0.25, 0.3) is 0 Å². The van der Waals surface area contributed by atoms with Crippen LogP contribution < -0.4 is 9.64 Å². The molecule has 5 nitrogen and oxygen atoms in total. The number of aryl methyl sites for hydroxylation is 1. The maximum absolute atomic E-state index is 5.23. The van der Waals surface area contributed by atoms with Crippen LogP contribution in [0.5, 0.6) is 5.75 Å². The smallest absolute Gasteiger partial charge is 0.227 e. The predicted octanol–water partition coefficient (Wildman–Crippen LogP) is 2.47. The number of aromatic nitrogens is 3. The molecule has 5 heteroatoms. The molecule has 0 N–H and O–H groups in total. The van der Waals surface area contributed by atoms with Gasteiger partial charge in [-0.15, -0.1) is 10.2 Å². The summed E-state index contributed by atoms with van der Waals surface area (Å²) in [4.78, 5) is 2.35. The molecule has 2 heterocycles. The lowest BCUT2D eigenvalue weighted by molar-refractivity contribution is 0.414. The first-order valence-corrected chi connectivity index (χ1v) is 6.97. The average molecular weight is 272 g/mol. The lowest BCUT2D eigenvalue weighted by Gasteiger charge is -2.25. The molecular weight excluding hydrogens is 252 g/mol. The van der Waals surface area contributed by atoms with E-state index in [1.807, 2.05) is 26.1 Å². The summed E-state index contributed by atoms with van der Waals surface area (Å²) in [6.07, 6.45) is 2.33. The van der Waals surface area contributed by atoms with Crippen molar-refractivity contribution < 1.29 is 4.74 Å². The third kappa shape index (κ3) is 2.13. The van der Waals surface area contributed by atoms with Crippen LogP contribution >= 0.6 is 0 Å². The van der Waals surface area contributed by atoms with Gasteiger partial charge in [-0.05, 0) is 37.5 Å². The van der Waals surface area contributed by atoms with Crippen LogP contribution in [-0.2, 0) is 7.05 Å². The van der Waals surface area contributed by atoms with Crippen LogP contribution in [0, 0.1) is 6.92 Å². The molecule has 1 aliphatic rings. The summed E-state index contributed by atoms with van der Waals surface area (Å²) < 4.78 is 7.28. The van der Waals surface area contributed by atoms with Gasteiger partial charge in [0.05, 0.1) is 13.2 Å². The van der Waals surface area contributed by atoms with Gasteiger partial charge in [0.1, 0.15) is 11.6 Å². The van der Waals surface area contributed by atoms with Crippen LogP contribution in [0.15, 0.2) is 24.3 Å². The quantitative estimate of drug-likeness (QED) is 0.861. The second-order valence-electron chi connectivity index (χ2n) is 5.23. The zero-order valence-corrected chi connectivity index (χ0v) is 12.2. The molecule has 0 radical (unpaired) electrons. The van der Waals surface area contributed by atoms with Crippen molar-refractivity contribution in [2.24, 2.45) is 7.05 Å². The molecule has 1 aromatic carbocycles. The third-order valence-electron chi connectivity index (χ3n) is 4.08. The van der Waals surface area contributed by atoms with Gasteiger partial charge in [0.15, 0.2) is 0 Å². The van der Waals surface area contributed by atoms with Crippen LogP contribution in [0.3, 0.4) is 0 Å². The summed E-state index contributed by atoms with van der Waals surface area (Å²) in [5, 5.41) is 8.49. The van der Waals surface area contributed by atoms with E-state index in [1.165, 1.54) is 12.0 Å². The minimum atomic E-state index is 0.378. The molecule has 1 saturated heterocycles. The fourth-order valence-electron chi connectivity index (χ4n) is 2.82. The first-order chi connectivity index (χ1) is 9.70. The Morgan fingerprint density at radius 3 is 2.55 bits per heavy atom. The van der Waals surface area contributed by atoms with E-state index in [-0.39, 0.29) is 0 Å². The number of methoxy groups -OCH3 is 1. The van der Waals surface area contributed by atoms with Crippen molar-refractivity contribution in [2.75, 3.05) is 18.6 Å². The minimum absolute atomic E-state index is 0.378. The van der Waals surface area contributed by atoms with Crippen LogP contribution in [0.1, 0.15) is 30.3 Å². The highest BCUT2D eigenvalue weighted by atomic mass is 16.5. The summed E-state index contributed by atoms with van der Waals surface area (Å²) in [5.41, 5.74) is 1.31. The Morgan fingerprint density at radius 2 is 1.95 bits per heavy atom. The van der Waals surface area contributed by atoms with Crippen LogP contribution in [0.25, 0.3) is 0 Å². The van der Waals surface area contributed by atoms with Gasteiger partial charge in [-0.3, -0.25) is 0 Å². The largest absolute Gasteiger partial charge is 0.497 e. The Morgan fingerprint density at radius 1 is 1.20 bits per heavy atom. The summed E-state index contributed by atoms with van der Waals surface area (Å²) in [7, 11) is 3.72. The number of benzene rings is 1. The van der Waals surface area contributed by atoms with E-state index >= 15 is 0 Å². The SMILES string of the molecule is COc1ccc(C2CCCN2c2nnc(C)n2C)cc1. The number of anilines is 1. The topological polar surface area (TPSA) is 43.2 Å². The normalized spacial score (nSPS) is 18.6. The second-order valence-corrected chi connectivity index (χ2v) is 5.23. The van der Waals surface area contributed by atoms with Crippen LogP contribution in [0.2, 0.25) is 0 Å². The Kier molecular flexibility index (Phi) is 3.34. The Balaban J connectivity index is 1.90. The van der Waals surface area contributed by atoms with Crippen molar-refractivity contribution in [3.8, 4) is 5.75 Å². The van der Waals surface area contributed by atoms with E-state index < -0.39 is 0 Å². The van der Waals surface area contributed by atoms with Crippen LogP contribution in [0.4, 0.5) is 5.95 Å². The molecule has 3 rings (SSSR count). The molecule has 0 aliphatic carbocycles. The van der Waals surface area contributed by atoms with E-state index in [0.717, 1.165) is 30.5 Å². The number of hydrogen-bond donors (Lipinski definition) is 0. The van der Waals surface area contributed by atoms with Gasteiger partial charge in [-0.1, -0.05) is 12.1 Å². The van der Waals surface area contributed by atoms with Gasteiger partial charge in [-0.25, -0.2) is 0 Å². The molecule has 1 aromatic heterocycles. The molecule has 106 valence electrons. The molecule has 1 atom stereocenters. The summed E-state index contributed by atoms with van der Waals surface area (Å²) in [6.45, 7) is 3.01. The average Bonchev–Trinajstić information content (AvgIpc) is 3.07. The molecule has 2 aromatic rings.